The van der Waals surface area contributed by atoms with Gasteiger partial charge >= 0.3 is 0 Å². The van der Waals surface area contributed by atoms with Crippen LogP contribution in [0.2, 0.25) is 0 Å². The molecule has 0 saturated carbocycles. The molecule has 14 heavy (non-hydrogen) atoms. The smallest absolute Gasteiger partial charge is 0.213 e. The molecule has 0 aliphatic rings. The van der Waals surface area contributed by atoms with Crippen molar-refractivity contribution in [3.05, 3.63) is 42.6 Å². The van der Waals surface area contributed by atoms with Crippen molar-refractivity contribution in [3.63, 3.8) is 0 Å². The molecule has 70 valence electrons. The second-order valence-corrected chi connectivity index (χ2v) is 2.78. The van der Waals surface area contributed by atoms with Crippen molar-refractivity contribution < 1.29 is 4.74 Å². The van der Waals surface area contributed by atoms with Gasteiger partial charge in [-0.25, -0.2) is 4.98 Å². The molecule has 0 atom stereocenters. The van der Waals surface area contributed by atoms with Crippen LogP contribution in [-0.4, -0.2) is 17.1 Å². The molecule has 3 nitrogen and oxygen atoms in total. The number of hydrogen-bond acceptors (Lipinski definition) is 3. The molecule has 2 aromatic heterocycles. The second kappa shape index (κ2) is 3.87. The van der Waals surface area contributed by atoms with Gasteiger partial charge in [0.05, 0.1) is 18.5 Å². The molecule has 0 aliphatic carbocycles. The first-order valence-electron chi connectivity index (χ1n) is 4.32. The molecule has 0 saturated heterocycles. The highest BCUT2D eigenvalue weighted by molar-refractivity contribution is 5.54. The molecule has 0 bridgehead atoms. The van der Waals surface area contributed by atoms with Crippen LogP contribution < -0.4 is 4.74 Å². The van der Waals surface area contributed by atoms with Gasteiger partial charge in [0.15, 0.2) is 0 Å². The number of ether oxygens (including phenoxy) is 1. The van der Waals surface area contributed by atoms with Gasteiger partial charge in [0.2, 0.25) is 5.88 Å². The summed E-state index contributed by atoms with van der Waals surface area (Å²) in [4.78, 5) is 8.48. The lowest BCUT2D eigenvalue weighted by atomic mass is 10.2. The van der Waals surface area contributed by atoms with Gasteiger partial charge in [0.1, 0.15) is 0 Å². The number of methoxy groups -OCH3 is 1. The molecule has 0 radical (unpaired) electrons. The molecule has 0 aliphatic heterocycles. The van der Waals surface area contributed by atoms with E-state index in [1.807, 2.05) is 36.4 Å². The van der Waals surface area contributed by atoms with Crippen molar-refractivity contribution in [1.29, 1.82) is 0 Å². The number of rotatable bonds is 2. The zero-order chi connectivity index (χ0) is 9.80. The highest BCUT2D eigenvalue weighted by Gasteiger charge is 2.00. The summed E-state index contributed by atoms with van der Waals surface area (Å²) >= 11 is 0. The first-order valence-corrected chi connectivity index (χ1v) is 4.32. The number of aromatic nitrogens is 2. The molecule has 0 amide bonds. The van der Waals surface area contributed by atoms with E-state index in [0.717, 1.165) is 11.4 Å². The van der Waals surface area contributed by atoms with E-state index < -0.39 is 0 Å². The summed E-state index contributed by atoms with van der Waals surface area (Å²) in [7, 11) is 1.60. The van der Waals surface area contributed by atoms with Crippen LogP contribution in [0.25, 0.3) is 11.4 Å². The van der Waals surface area contributed by atoms with Crippen LogP contribution in [0.1, 0.15) is 0 Å². The van der Waals surface area contributed by atoms with Gasteiger partial charge < -0.3 is 4.74 Å². The van der Waals surface area contributed by atoms with Crippen LogP contribution in [0, 0.1) is 0 Å². The van der Waals surface area contributed by atoms with Crippen LogP contribution in [0.5, 0.6) is 5.88 Å². The van der Waals surface area contributed by atoms with E-state index in [-0.39, 0.29) is 0 Å². The summed E-state index contributed by atoms with van der Waals surface area (Å²) in [5.74, 6) is 0.605. The van der Waals surface area contributed by atoms with E-state index >= 15 is 0 Å². The number of nitrogens with zero attached hydrogens (tertiary/aromatic N) is 2. The van der Waals surface area contributed by atoms with Crippen LogP contribution >= 0.6 is 0 Å². The molecule has 2 rings (SSSR count). The summed E-state index contributed by atoms with van der Waals surface area (Å²) in [6.07, 6.45) is 1.75. The van der Waals surface area contributed by atoms with Gasteiger partial charge in [-0.3, -0.25) is 4.98 Å². The highest BCUT2D eigenvalue weighted by Crippen LogP contribution is 2.16. The fraction of sp³-hybridized carbons (Fsp3) is 0.0909. The van der Waals surface area contributed by atoms with Crippen molar-refractivity contribution in [1.82, 2.24) is 9.97 Å². The van der Waals surface area contributed by atoms with Crippen LogP contribution in [0.15, 0.2) is 42.6 Å². The van der Waals surface area contributed by atoms with Gasteiger partial charge in [-0.15, -0.1) is 0 Å². The molecule has 2 aromatic rings. The third kappa shape index (κ3) is 1.71. The zero-order valence-corrected chi connectivity index (χ0v) is 7.84. The molecular weight excluding hydrogens is 176 g/mol. The van der Waals surface area contributed by atoms with Crippen LogP contribution in [-0.2, 0) is 0 Å². The first-order chi connectivity index (χ1) is 6.90. The lowest BCUT2D eigenvalue weighted by Gasteiger charge is -2.01. The Morgan fingerprint density at radius 3 is 2.57 bits per heavy atom. The largest absolute Gasteiger partial charge is 0.481 e. The third-order valence-corrected chi connectivity index (χ3v) is 1.86. The van der Waals surface area contributed by atoms with Gasteiger partial charge in [-0.1, -0.05) is 12.1 Å². The summed E-state index contributed by atoms with van der Waals surface area (Å²) in [6.45, 7) is 0. The molecule has 0 spiro atoms. The van der Waals surface area contributed by atoms with Crippen molar-refractivity contribution >= 4 is 0 Å². The maximum atomic E-state index is 5.04. The molecule has 2 heterocycles. The minimum atomic E-state index is 0.605. The van der Waals surface area contributed by atoms with Crippen LogP contribution in [0.3, 0.4) is 0 Å². The third-order valence-electron chi connectivity index (χ3n) is 1.86. The average Bonchev–Trinajstić information content (AvgIpc) is 2.30. The lowest BCUT2D eigenvalue weighted by molar-refractivity contribution is 0.398. The molecule has 0 aromatic carbocycles. The van der Waals surface area contributed by atoms with Gasteiger partial charge in [-0.2, -0.15) is 0 Å². The van der Waals surface area contributed by atoms with E-state index in [4.69, 9.17) is 4.74 Å². The van der Waals surface area contributed by atoms with E-state index in [9.17, 15) is 0 Å². The monoisotopic (exact) mass is 186 g/mol. The Kier molecular flexibility index (Phi) is 2.40. The summed E-state index contributed by atoms with van der Waals surface area (Å²) in [5.41, 5.74) is 1.68. The normalized spacial score (nSPS) is 9.79. The fourth-order valence-electron chi connectivity index (χ4n) is 1.19. The van der Waals surface area contributed by atoms with Gasteiger partial charge in [-0.05, 0) is 18.2 Å². The molecule has 0 fully saturated rings. The van der Waals surface area contributed by atoms with Crippen molar-refractivity contribution in [3.8, 4) is 17.3 Å². The van der Waals surface area contributed by atoms with Crippen molar-refractivity contribution in [2.45, 2.75) is 0 Å². The highest BCUT2D eigenvalue weighted by atomic mass is 16.5. The summed E-state index contributed by atoms with van der Waals surface area (Å²) in [6, 6.07) is 11.3. The standard InChI is InChI=1S/C11H10N2O/c1-14-11-7-4-6-10(13-11)9-5-2-3-8-12-9/h2-8H,1H3. The molecule has 3 heteroatoms. The van der Waals surface area contributed by atoms with Crippen molar-refractivity contribution in [2.75, 3.05) is 7.11 Å². The predicted molar refractivity (Wildman–Crippen MR) is 54.0 cm³/mol. The first kappa shape index (κ1) is 8.69. The van der Waals surface area contributed by atoms with Gasteiger partial charge in [0, 0.05) is 12.3 Å². The van der Waals surface area contributed by atoms with Gasteiger partial charge in [0.25, 0.3) is 0 Å². The SMILES string of the molecule is COc1cccc(-c2ccccn2)n1. The quantitative estimate of drug-likeness (QED) is 0.720. The minimum absolute atomic E-state index is 0.605. The average molecular weight is 186 g/mol. The Hall–Kier alpha value is -1.90. The number of hydrogen-bond donors (Lipinski definition) is 0. The second-order valence-electron chi connectivity index (χ2n) is 2.78. The zero-order valence-electron chi connectivity index (χ0n) is 7.84. The Balaban J connectivity index is 2.42. The maximum Gasteiger partial charge on any atom is 0.213 e. The fourth-order valence-corrected chi connectivity index (χ4v) is 1.19. The lowest BCUT2D eigenvalue weighted by Crippen LogP contribution is -1.90. The van der Waals surface area contributed by atoms with Crippen LogP contribution in [0.4, 0.5) is 0 Å². The molecular formula is C11H10N2O. The van der Waals surface area contributed by atoms with E-state index in [0.29, 0.717) is 5.88 Å². The Labute approximate surface area is 82.4 Å². The Morgan fingerprint density at radius 1 is 1.00 bits per heavy atom. The minimum Gasteiger partial charge on any atom is -0.481 e. The molecule has 0 N–H and O–H groups in total. The van der Waals surface area contributed by atoms with E-state index in [1.165, 1.54) is 0 Å². The maximum absolute atomic E-state index is 5.04. The topological polar surface area (TPSA) is 35.0 Å². The predicted octanol–water partition coefficient (Wildman–Crippen LogP) is 2.15. The van der Waals surface area contributed by atoms with Crippen molar-refractivity contribution in [2.24, 2.45) is 0 Å². The van der Waals surface area contributed by atoms with E-state index in [1.54, 1.807) is 13.3 Å². The Morgan fingerprint density at radius 2 is 1.86 bits per heavy atom. The Bertz CT molecular complexity index is 415. The summed E-state index contributed by atoms with van der Waals surface area (Å²) < 4.78 is 5.04. The van der Waals surface area contributed by atoms with E-state index in [2.05, 4.69) is 9.97 Å². The molecule has 0 unspecified atom stereocenters. The number of pyridine rings is 2. The summed E-state index contributed by atoms with van der Waals surface area (Å²) in [5, 5.41) is 0.